The van der Waals surface area contributed by atoms with Crippen LogP contribution < -0.4 is 20.2 Å². The predicted octanol–water partition coefficient (Wildman–Crippen LogP) is 5.70. The number of nitrogens with one attached hydrogen (secondary N) is 8. The zero-order valence-electron chi connectivity index (χ0n) is 46.6. The van der Waals surface area contributed by atoms with E-state index < -0.39 is 11.9 Å². The average Bonchev–Trinajstić information content (AvgIpc) is 4.43. The maximum Gasteiger partial charge on any atom is 0.267 e. The van der Waals surface area contributed by atoms with Gasteiger partial charge < -0.3 is 49.5 Å². The molecule has 0 atom stereocenters. The van der Waals surface area contributed by atoms with Crippen LogP contribution in [-0.2, 0) is 48.9 Å². The molecule has 22 nitrogen and oxygen atoms in total. The second kappa shape index (κ2) is 27.6. The average molecular weight is 1130 g/mol. The molecule has 0 bridgehead atoms. The summed E-state index contributed by atoms with van der Waals surface area (Å²) in [6, 6.07) is 53.6. The number of hydrogen-bond donors (Lipinski definition) is 6. The van der Waals surface area contributed by atoms with E-state index in [1.807, 2.05) is 97.1 Å². The second-order valence-electron chi connectivity index (χ2n) is 19.9. The number of imidazole rings is 6. The van der Waals surface area contributed by atoms with Crippen LogP contribution in [-0.4, -0.2) is 122 Å². The monoisotopic (exact) mass is 1130 g/mol. The molecule has 13 aromatic rings. The van der Waals surface area contributed by atoms with Crippen molar-refractivity contribution in [1.82, 2.24) is 69.4 Å². The molecule has 6 aromatic heterocycles. The standard InChI is InChI=1S/2C24H21N7.C8H6O4.2C3H7NO/c2*1-2-8-17-16(7-1)25-22(26-17)13-31(14-23-27-18-9-3-4-10-19(18)28-23)15-24-29-20-11-5-6-12-21(20)30-24;9-7(10)5-1-2-6(4-3-5)8(11)12;2*1-4(2)3-5/h2*1-12H,13-15H2,(H,25,26)(H,27,28)(H,29,30);1-4H,(H,9,10)(H,11,12);2*3H,1-2H3. The van der Waals surface area contributed by atoms with Crippen molar-refractivity contribution in [1.29, 1.82) is 0 Å². The Morgan fingerprint density at radius 3 is 0.869 bits per heavy atom. The van der Waals surface area contributed by atoms with Gasteiger partial charge in [0.1, 0.15) is 36.4 Å². The van der Waals surface area contributed by atoms with Crippen molar-refractivity contribution in [3.63, 3.8) is 0 Å². The van der Waals surface area contributed by atoms with Crippen molar-refractivity contribution in [3.8, 4) is 0 Å². The van der Waals surface area contributed by atoms with Crippen molar-refractivity contribution < 1.29 is 39.4 Å². The van der Waals surface area contributed by atoms with Gasteiger partial charge in [0.15, 0.2) is 22.1 Å². The van der Waals surface area contributed by atoms with Gasteiger partial charge in [-0.1, -0.05) is 97.1 Å². The number of carbonyl (C=O) groups is 4. The Bertz CT molecular complexity index is 3460. The Morgan fingerprint density at radius 2 is 0.631 bits per heavy atom. The van der Waals surface area contributed by atoms with Gasteiger partial charge in [0.25, 0.3) is 11.6 Å². The third-order valence-electron chi connectivity index (χ3n) is 12.8. The quantitative estimate of drug-likeness (QED) is 0.0636. The Morgan fingerprint density at radius 1 is 0.381 bits per heavy atom. The molecule has 7 aromatic carbocycles. The van der Waals surface area contributed by atoms with Gasteiger partial charge in [-0.15, -0.1) is 0 Å². The lowest BCUT2D eigenvalue weighted by atomic mass is 10.1. The van der Waals surface area contributed by atoms with E-state index in [9.17, 15) is 29.4 Å². The summed E-state index contributed by atoms with van der Waals surface area (Å²) in [5, 5.41) is 20.4. The van der Waals surface area contributed by atoms with Gasteiger partial charge in [-0.25, -0.2) is 39.9 Å². The Hall–Kier alpha value is -10.8. The van der Waals surface area contributed by atoms with Gasteiger partial charge in [0, 0.05) is 28.2 Å². The Labute approximate surface area is 481 Å². The number of aromatic amines is 8. The number of rotatable bonds is 16. The first-order chi connectivity index (χ1) is 40.7. The molecular weight excluding hydrogens is 1060 g/mol. The van der Waals surface area contributed by atoms with Gasteiger partial charge in [0.2, 0.25) is 12.8 Å². The first-order valence-corrected chi connectivity index (χ1v) is 26.7. The normalized spacial score (nSPS) is 10.9. The second-order valence-corrected chi connectivity index (χ2v) is 19.9. The molecule has 2 amide bonds. The molecule has 84 heavy (non-hydrogen) atoms. The van der Waals surface area contributed by atoms with Crippen LogP contribution in [0.15, 0.2) is 170 Å². The molecule has 0 spiro atoms. The van der Waals surface area contributed by atoms with E-state index in [1.54, 1.807) is 28.2 Å². The highest BCUT2D eigenvalue weighted by Crippen LogP contribution is 2.20. The maximum absolute atomic E-state index is 10.2. The highest BCUT2D eigenvalue weighted by molar-refractivity contribution is 5.90. The molecule has 0 radical (unpaired) electrons. The van der Waals surface area contributed by atoms with Crippen molar-refractivity contribution in [3.05, 3.63) is 216 Å². The van der Waals surface area contributed by atoms with Crippen LogP contribution in [0.5, 0.6) is 0 Å². The van der Waals surface area contributed by atoms with E-state index in [2.05, 4.69) is 98.2 Å². The van der Waals surface area contributed by atoms with E-state index in [4.69, 9.17) is 19.9 Å². The summed E-state index contributed by atoms with van der Waals surface area (Å²) < 4.78 is 0. The van der Waals surface area contributed by atoms with Crippen molar-refractivity contribution in [2.24, 2.45) is 0 Å². The number of para-hydroxylation sites is 12. The molecule has 8 N–H and O–H groups in total. The number of H-pyrrole nitrogens is 8. The van der Waals surface area contributed by atoms with Gasteiger partial charge in [0.05, 0.1) is 82.3 Å². The summed E-state index contributed by atoms with van der Waals surface area (Å²) in [5.74, 6) is 3.19. The fraction of sp³-hybridized carbons (Fsp3) is 0.161. The summed E-state index contributed by atoms with van der Waals surface area (Å²) in [7, 11) is 6.75. The Kier molecular flexibility index (Phi) is 19.0. The van der Waals surface area contributed by atoms with Gasteiger partial charge in [-0.05, 0) is 83.9 Å². The number of hydrogen-bond acceptors (Lipinski definition) is 12. The highest BCUT2D eigenvalue weighted by Gasteiger charge is 2.20. The smallest absolute Gasteiger partial charge is 0.267 e. The molecular formula is C62H62N16O6. The zero-order valence-corrected chi connectivity index (χ0v) is 46.6. The molecule has 22 heteroatoms. The van der Waals surface area contributed by atoms with Crippen LogP contribution in [0.25, 0.3) is 66.2 Å². The number of nitrogens with zero attached hydrogens (tertiary/aromatic N) is 8. The fourth-order valence-electron chi connectivity index (χ4n) is 8.97. The van der Waals surface area contributed by atoms with Gasteiger partial charge in [-0.3, -0.25) is 19.4 Å². The Balaban J connectivity index is 0.000000150. The molecule has 426 valence electrons. The molecule has 0 unspecified atom stereocenters. The van der Waals surface area contributed by atoms with E-state index in [1.165, 1.54) is 9.80 Å². The van der Waals surface area contributed by atoms with Crippen LogP contribution in [0.3, 0.4) is 0 Å². The van der Waals surface area contributed by atoms with Crippen LogP contribution >= 0.6 is 0 Å². The summed E-state index contributed by atoms with van der Waals surface area (Å²) in [6.45, 7) is 4.12. The minimum absolute atomic E-state index is 0.0556. The van der Waals surface area contributed by atoms with E-state index in [-0.39, 0.29) is 11.1 Å². The minimum atomic E-state index is -1.33. The summed E-state index contributed by atoms with van der Waals surface area (Å²) in [6.07, 6.45) is 1.50. The lowest BCUT2D eigenvalue weighted by molar-refractivity contribution is -0.361. The van der Waals surface area contributed by atoms with Crippen LogP contribution in [0.2, 0.25) is 0 Å². The topological polar surface area (TPSA) is 302 Å². The number of carboxylic acids is 2. The number of aromatic carboxylic acids is 2. The molecule has 6 heterocycles. The number of benzene rings is 7. The van der Waals surface area contributed by atoms with E-state index in [0.29, 0.717) is 39.3 Å². The number of amides is 2. The third-order valence-corrected chi connectivity index (χ3v) is 12.8. The molecule has 0 aliphatic rings. The van der Waals surface area contributed by atoms with E-state index in [0.717, 1.165) is 138 Å². The maximum atomic E-state index is 10.2. The third kappa shape index (κ3) is 15.7. The lowest BCUT2D eigenvalue weighted by Gasteiger charge is -2.17. The first-order valence-electron chi connectivity index (χ1n) is 26.7. The lowest BCUT2D eigenvalue weighted by Crippen LogP contribution is -2.27. The predicted molar refractivity (Wildman–Crippen MR) is 315 cm³/mol. The van der Waals surface area contributed by atoms with Crippen molar-refractivity contribution in [2.45, 2.75) is 39.3 Å². The van der Waals surface area contributed by atoms with Crippen LogP contribution in [0, 0.1) is 0 Å². The van der Waals surface area contributed by atoms with E-state index >= 15 is 0 Å². The zero-order chi connectivity index (χ0) is 59.0. The molecule has 0 saturated heterocycles. The summed E-state index contributed by atoms with van der Waals surface area (Å²) in [4.78, 5) is 93.6. The van der Waals surface area contributed by atoms with Crippen molar-refractivity contribution >= 4 is 91.0 Å². The van der Waals surface area contributed by atoms with Gasteiger partial charge >= 0.3 is 0 Å². The molecule has 0 saturated carbocycles. The number of fused-ring (bicyclic) bond motifs is 6. The molecule has 0 aliphatic heterocycles. The van der Waals surface area contributed by atoms with Crippen LogP contribution in [0.4, 0.5) is 0 Å². The van der Waals surface area contributed by atoms with Crippen molar-refractivity contribution in [2.75, 3.05) is 28.2 Å². The molecule has 0 aliphatic carbocycles. The number of carboxylic acid groups (broad SMARTS) is 2. The largest absolute Gasteiger partial charge is 0.545 e. The SMILES string of the molecule is CN(C)C=O.CN(C)C=O.O=C([O-])c1ccc(C(=O)[O-])cc1.c1ccc2[nH]c(CN(Cc3nc4ccccc4[nH]3)Cc3[nH]c4ccccc4[nH+]3)nc2c1.c1ccc2[nH]c(CN(Cc3nc4ccccc4[nH]3)Cc3[nH]c4ccccc4[nH+]3)nc2c1. The minimum Gasteiger partial charge on any atom is -0.545 e. The van der Waals surface area contributed by atoms with Crippen LogP contribution in [0.1, 0.15) is 55.7 Å². The molecule has 0 fully saturated rings. The summed E-state index contributed by atoms with van der Waals surface area (Å²) in [5.41, 5.74) is 12.5. The van der Waals surface area contributed by atoms with Gasteiger partial charge in [-0.2, -0.15) is 0 Å². The molecule has 13 rings (SSSR count). The first kappa shape index (κ1) is 57.8. The highest BCUT2D eigenvalue weighted by atomic mass is 16.4. The fourth-order valence-corrected chi connectivity index (χ4v) is 8.97. The summed E-state index contributed by atoms with van der Waals surface area (Å²) >= 11 is 0. The number of aromatic nitrogens is 12. The number of carbonyl (C=O) groups excluding carboxylic acids is 4.